The fourth-order valence-electron chi connectivity index (χ4n) is 2.09. The van der Waals surface area contributed by atoms with E-state index in [-0.39, 0.29) is 36.8 Å². The molecule has 1 amide bonds. The second kappa shape index (κ2) is 9.19. The molecule has 1 unspecified atom stereocenters. The minimum absolute atomic E-state index is 0. The lowest BCUT2D eigenvalue weighted by Crippen LogP contribution is -2.34. The van der Waals surface area contributed by atoms with Crippen molar-refractivity contribution in [2.45, 2.75) is 18.9 Å². The third-order valence-electron chi connectivity index (χ3n) is 3.07. The number of carbonyl (C=O) groups excluding carboxylic acids is 1. The second-order valence-corrected chi connectivity index (χ2v) is 5.32. The molecule has 6 nitrogen and oxygen atoms in total. The molecule has 1 atom stereocenters. The van der Waals surface area contributed by atoms with Gasteiger partial charge in [0.05, 0.1) is 6.33 Å². The number of rotatable bonds is 6. The average molecular weight is 354 g/mol. The molecule has 0 aromatic carbocycles. The molecule has 1 aromatic heterocycles. The minimum atomic E-state index is -0.271. The Hall–Kier alpha value is -0.890. The summed E-state index contributed by atoms with van der Waals surface area (Å²) >= 11 is 5.22. The fraction of sp³-hybridized carbons (Fsp3) is 0.583. The Bertz CT molecular complexity index is 455. The smallest absolute Gasteiger partial charge is 0.251 e. The molecule has 1 aliphatic heterocycles. The van der Waals surface area contributed by atoms with Crippen molar-refractivity contribution in [2.24, 2.45) is 0 Å². The number of imidazole rings is 1. The summed E-state index contributed by atoms with van der Waals surface area (Å²) in [4.78, 5) is 23.0. The van der Waals surface area contributed by atoms with Crippen LogP contribution < -0.4 is 5.32 Å². The van der Waals surface area contributed by atoms with Gasteiger partial charge in [0.15, 0.2) is 5.11 Å². The summed E-state index contributed by atoms with van der Waals surface area (Å²) in [5, 5.41) is 3.61. The summed E-state index contributed by atoms with van der Waals surface area (Å²) in [6, 6.07) is -0.271. The van der Waals surface area contributed by atoms with E-state index in [1.807, 2.05) is 14.1 Å². The third kappa shape index (κ3) is 5.43. The fourth-order valence-corrected chi connectivity index (χ4v) is 2.41. The number of nitrogens with one attached hydrogen (secondary N) is 2. The molecule has 9 heteroatoms. The molecular formula is C12H21Cl2N5OS. The predicted molar refractivity (Wildman–Crippen MR) is 91.2 cm³/mol. The molecule has 1 aliphatic rings. The van der Waals surface area contributed by atoms with E-state index >= 15 is 0 Å². The van der Waals surface area contributed by atoms with Crippen LogP contribution in [-0.4, -0.2) is 64.0 Å². The molecule has 0 radical (unpaired) electrons. The second-order valence-electron chi connectivity index (χ2n) is 4.93. The number of hydrogen-bond donors (Lipinski definition) is 2. The first-order valence-corrected chi connectivity index (χ1v) is 6.72. The minimum Gasteiger partial charge on any atom is -0.350 e. The molecule has 0 spiro atoms. The van der Waals surface area contributed by atoms with Gasteiger partial charge in [0.1, 0.15) is 6.04 Å². The van der Waals surface area contributed by atoms with Crippen molar-refractivity contribution >= 4 is 48.1 Å². The van der Waals surface area contributed by atoms with Crippen LogP contribution in [0, 0.1) is 0 Å². The normalized spacial score (nSPS) is 17.5. The maximum atomic E-state index is 12.2. The first kappa shape index (κ1) is 20.1. The summed E-state index contributed by atoms with van der Waals surface area (Å²) in [5.74, 6) is 0.0540. The van der Waals surface area contributed by atoms with Gasteiger partial charge in [-0.1, -0.05) is 0 Å². The molecule has 0 saturated carbocycles. The van der Waals surface area contributed by atoms with Gasteiger partial charge in [-0.05, 0) is 39.3 Å². The Morgan fingerprint density at radius 2 is 2.14 bits per heavy atom. The van der Waals surface area contributed by atoms with Crippen molar-refractivity contribution in [1.29, 1.82) is 0 Å². The van der Waals surface area contributed by atoms with Gasteiger partial charge < -0.3 is 15.2 Å². The maximum Gasteiger partial charge on any atom is 0.251 e. The number of amides is 1. The van der Waals surface area contributed by atoms with Crippen LogP contribution in [0.2, 0.25) is 0 Å². The lowest BCUT2D eigenvalue weighted by molar-refractivity contribution is -0.127. The standard InChI is InChI=1S/C12H19N5OS.2ClH/c1-16(2)4-3-5-17-11(18)10(15-12(17)19)6-9-7-13-8-14-9;;/h7-8,10H,3-6H2,1-2H3,(H,13,14)(H,15,19);2*1H. The maximum absolute atomic E-state index is 12.2. The van der Waals surface area contributed by atoms with E-state index in [2.05, 4.69) is 20.2 Å². The van der Waals surface area contributed by atoms with Gasteiger partial charge in [0, 0.05) is 24.9 Å². The first-order chi connectivity index (χ1) is 9.08. The zero-order valence-corrected chi connectivity index (χ0v) is 14.5. The van der Waals surface area contributed by atoms with Crippen LogP contribution in [0.25, 0.3) is 0 Å². The molecule has 0 aliphatic carbocycles. The van der Waals surface area contributed by atoms with E-state index in [1.54, 1.807) is 17.4 Å². The molecule has 2 N–H and O–H groups in total. The topological polar surface area (TPSA) is 64.3 Å². The number of aromatic nitrogens is 2. The summed E-state index contributed by atoms with van der Waals surface area (Å²) in [6.07, 6.45) is 4.84. The molecule has 21 heavy (non-hydrogen) atoms. The molecule has 1 fully saturated rings. The van der Waals surface area contributed by atoms with E-state index < -0.39 is 0 Å². The molecule has 120 valence electrons. The predicted octanol–water partition coefficient (Wildman–Crippen LogP) is 0.833. The van der Waals surface area contributed by atoms with E-state index in [0.29, 0.717) is 18.1 Å². The van der Waals surface area contributed by atoms with Crippen molar-refractivity contribution in [2.75, 3.05) is 27.2 Å². The van der Waals surface area contributed by atoms with Gasteiger partial charge in [-0.15, -0.1) is 24.8 Å². The summed E-state index contributed by atoms with van der Waals surface area (Å²) in [7, 11) is 4.03. The quantitative estimate of drug-likeness (QED) is 0.741. The van der Waals surface area contributed by atoms with Gasteiger partial charge >= 0.3 is 0 Å². The van der Waals surface area contributed by atoms with E-state index in [1.165, 1.54) is 0 Å². The highest BCUT2D eigenvalue weighted by Crippen LogP contribution is 2.11. The lowest BCUT2D eigenvalue weighted by atomic mass is 10.1. The molecule has 1 aromatic rings. The highest BCUT2D eigenvalue weighted by atomic mass is 35.5. The molecule has 0 bridgehead atoms. The van der Waals surface area contributed by atoms with Crippen LogP contribution >= 0.6 is 37.0 Å². The zero-order valence-electron chi connectivity index (χ0n) is 12.0. The average Bonchev–Trinajstić information content (AvgIpc) is 2.93. The number of halogens is 2. The lowest BCUT2D eigenvalue weighted by Gasteiger charge is -2.16. The van der Waals surface area contributed by atoms with Crippen molar-refractivity contribution in [3.63, 3.8) is 0 Å². The van der Waals surface area contributed by atoms with Crippen molar-refractivity contribution in [3.8, 4) is 0 Å². The molecular weight excluding hydrogens is 333 g/mol. The Kier molecular flexibility index (Phi) is 8.80. The van der Waals surface area contributed by atoms with Crippen LogP contribution in [-0.2, 0) is 11.2 Å². The van der Waals surface area contributed by atoms with Crippen molar-refractivity contribution in [3.05, 3.63) is 18.2 Å². The van der Waals surface area contributed by atoms with Gasteiger partial charge in [0.2, 0.25) is 0 Å². The third-order valence-corrected chi connectivity index (χ3v) is 3.41. The van der Waals surface area contributed by atoms with Crippen LogP contribution in [0.15, 0.2) is 12.5 Å². The van der Waals surface area contributed by atoms with Crippen molar-refractivity contribution in [1.82, 2.24) is 25.1 Å². The largest absolute Gasteiger partial charge is 0.350 e. The van der Waals surface area contributed by atoms with Crippen LogP contribution in [0.1, 0.15) is 12.1 Å². The van der Waals surface area contributed by atoms with E-state index in [0.717, 1.165) is 18.7 Å². The monoisotopic (exact) mass is 353 g/mol. The van der Waals surface area contributed by atoms with Crippen LogP contribution in [0.5, 0.6) is 0 Å². The Balaban J connectivity index is 0.00000200. The molecule has 1 saturated heterocycles. The van der Waals surface area contributed by atoms with Gasteiger partial charge in [-0.2, -0.15) is 0 Å². The zero-order chi connectivity index (χ0) is 13.8. The van der Waals surface area contributed by atoms with Crippen molar-refractivity contribution < 1.29 is 4.79 Å². The number of thiocarbonyl (C=S) groups is 1. The van der Waals surface area contributed by atoms with Gasteiger partial charge in [-0.25, -0.2) is 4.98 Å². The van der Waals surface area contributed by atoms with Gasteiger partial charge in [0.25, 0.3) is 5.91 Å². The summed E-state index contributed by atoms with van der Waals surface area (Å²) < 4.78 is 0. The first-order valence-electron chi connectivity index (χ1n) is 6.32. The van der Waals surface area contributed by atoms with E-state index in [9.17, 15) is 4.79 Å². The Morgan fingerprint density at radius 3 is 2.71 bits per heavy atom. The molecule has 2 heterocycles. The SMILES string of the molecule is CN(C)CCCN1C(=O)C(Cc2cnc[nH]2)NC1=S.Cl.Cl. The Morgan fingerprint density at radius 1 is 1.43 bits per heavy atom. The molecule has 2 rings (SSSR count). The number of carbonyl (C=O) groups is 1. The number of hydrogen-bond acceptors (Lipinski definition) is 4. The van der Waals surface area contributed by atoms with Crippen LogP contribution in [0.4, 0.5) is 0 Å². The number of nitrogens with zero attached hydrogens (tertiary/aromatic N) is 3. The highest BCUT2D eigenvalue weighted by molar-refractivity contribution is 7.80. The summed E-state index contributed by atoms with van der Waals surface area (Å²) in [6.45, 7) is 1.61. The van der Waals surface area contributed by atoms with Gasteiger partial charge in [-0.3, -0.25) is 9.69 Å². The van der Waals surface area contributed by atoms with E-state index in [4.69, 9.17) is 12.2 Å². The highest BCUT2D eigenvalue weighted by Gasteiger charge is 2.35. The summed E-state index contributed by atoms with van der Waals surface area (Å²) in [5.41, 5.74) is 0.934. The number of aromatic amines is 1. The number of H-pyrrole nitrogens is 1. The van der Waals surface area contributed by atoms with Crippen LogP contribution in [0.3, 0.4) is 0 Å². The Labute approximate surface area is 142 Å².